The smallest absolute Gasteiger partial charge is 0.263 e. The molecule has 2 heterocycles. The monoisotopic (exact) mass is 429 g/mol. The number of anilines is 1. The van der Waals surface area contributed by atoms with Crippen molar-refractivity contribution in [1.29, 1.82) is 0 Å². The predicted molar refractivity (Wildman–Crippen MR) is 129 cm³/mol. The molecular formula is C27H31N3O2. The van der Waals surface area contributed by atoms with Gasteiger partial charge in [0.05, 0.1) is 16.8 Å². The molecule has 0 bridgehead atoms. The zero-order chi connectivity index (χ0) is 22.5. The van der Waals surface area contributed by atoms with Crippen LogP contribution in [-0.4, -0.2) is 54.3 Å². The molecule has 0 spiro atoms. The summed E-state index contributed by atoms with van der Waals surface area (Å²) >= 11 is 0. The van der Waals surface area contributed by atoms with Crippen molar-refractivity contribution in [3.8, 4) is 0 Å². The highest BCUT2D eigenvalue weighted by Gasteiger charge is 2.38. The minimum Gasteiger partial charge on any atom is -0.368 e. The zero-order valence-electron chi connectivity index (χ0n) is 19.0. The third-order valence-electron chi connectivity index (χ3n) is 6.31. The highest BCUT2D eigenvalue weighted by molar-refractivity contribution is 6.23. The average Bonchev–Trinajstić information content (AvgIpc) is 3.07. The maximum Gasteiger partial charge on any atom is 0.263 e. The molecule has 1 saturated heterocycles. The summed E-state index contributed by atoms with van der Waals surface area (Å²) in [6.45, 7) is 8.83. The molecule has 0 atom stereocenters. The van der Waals surface area contributed by atoms with Gasteiger partial charge in [0.2, 0.25) is 0 Å². The highest BCUT2D eigenvalue weighted by atomic mass is 16.2. The Hall–Kier alpha value is -3.18. The van der Waals surface area contributed by atoms with Crippen LogP contribution in [0.25, 0.3) is 0 Å². The van der Waals surface area contributed by atoms with E-state index in [9.17, 15) is 9.59 Å². The Morgan fingerprint density at radius 1 is 0.906 bits per heavy atom. The van der Waals surface area contributed by atoms with Gasteiger partial charge in [0.25, 0.3) is 11.8 Å². The number of amides is 2. The molecule has 0 saturated carbocycles. The normalized spacial score (nSPS) is 17.5. The molecule has 1 fully saturated rings. The van der Waals surface area contributed by atoms with Gasteiger partial charge in [0.1, 0.15) is 0 Å². The summed E-state index contributed by atoms with van der Waals surface area (Å²) in [7, 11) is 0. The average molecular weight is 430 g/mol. The van der Waals surface area contributed by atoms with E-state index in [2.05, 4.69) is 34.1 Å². The molecule has 166 valence electrons. The number of hydrogen-bond acceptors (Lipinski definition) is 4. The van der Waals surface area contributed by atoms with Crippen molar-refractivity contribution >= 4 is 17.5 Å². The van der Waals surface area contributed by atoms with Crippen molar-refractivity contribution in [3.63, 3.8) is 0 Å². The van der Waals surface area contributed by atoms with Crippen LogP contribution < -0.4 is 4.90 Å². The first-order chi connectivity index (χ1) is 15.6. The van der Waals surface area contributed by atoms with E-state index >= 15 is 0 Å². The standard InChI is InChI=1S/C27H31N3O2/c1-3-9-21(4-2)14-15-30-26(31)23-12-8-13-24(25(23)27(30)32)29-18-16-28(17-19-29)20-22-10-6-5-7-11-22/h3-13H,14-20H2,1-2H3/b9-3-,21-4+. The molecule has 0 radical (unpaired) electrons. The molecule has 4 rings (SSSR count). The summed E-state index contributed by atoms with van der Waals surface area (Å²) in [5.74, 6) is -0.339. The molecule has 0 N–H and O–H groups in total. The fourth-order valence-electron chi connectivity index (χ4n) is 4.55. The molecule has 5 nitrogen and oxygen atoms in total. The Kier molecular flexibility index (Phi) is 6.86. The minimum absolute atomic E-state index is 0.164. The van der Waals surface area contributed by atoms with Gasteiger partial charge in [-0.05, 0) is 38.0 Å². The van der Waals surface area contributed by atoms with Crippen molar-refractivity contribution < 1.29 is 9.59 Å². The number of benzene rings is 2. The highest BCUT2D eigenvalue weighted by Crippen LogP contribution is 2.32. The lowest BCUT2D eigenvalue weighted by atomic mass is 10.1. The Morgan fingerprint density at radius 3 is 2.34 bits per heavy atom. The third-order valence-corrected chi connectivity index (χ3v) is 6.31. The summed E-state index contributed by atoms with van der Waals surface area (Å²) < 4.78 is 0. The van der Waals surface area contributed by atoms with E-state index in [0.717, 1.165) is 44.0 Å². The molecule has 2 aliphatic heterocycles. The molecular weight excluding hydrogens is 398 g/mol. The third kappa shape index (κ3) is 4.53. The number of imide groups is 1. The number of carbonyl (C=O) groups is 2. The predicted octanol–water partition coefficient (Wildman–Crippen LogP) is 4.52. The largest absolute Gasteiger partial charge is 0.368 e. The quantitative estimate of drug-likeness (QED) is 0.480. The van der Waals surface area contributed by atoms with Gasteiger partial charge in [-0.2, -0.15) is 0 Å². The number of hydrogen-bond donors (Lipinski definition) is 0. The van der Waals surface area contributed by atoms with Crippen LogP contribution in [0.1, 0.15) is 46.5 Å². The Morgan fingerprint density at radius 2 is 1.66 bits per heavy atom. The van der Waals surface area contributed by atoms with Crippen molar-refractivity contribution in [2.75, 3.05) is 37.6 Å². The minimum atomic E-state index is -0.175. The van der Waals surface area contributed by atoms with E-state index in [-0.39, 0.29) is 11.8 Å². The van der Waals surface area contributed by atoms with Gasteiger partial charge in [0.15, 0.2) is 0 Å². The van der Waals surface area contributed by atoms with E-state index in [1.54, 1.807) is 6.07 Å². The molecule has 2 aliphatic rings. The Labute approximate surface area is 190 Å². The number of piperazine rings is 1. The number of rotatable bonds is 7. The van der Waals surface area contributed by atoms with Gasteiger partial charge in [-0.1, -0.05) is 60.2 Å². The van der Waals surface area contributed by atoms with Crippen LogP contribution in [0.15, 0.2) is 72.3 Å². The summed E-state index contributed by atoms with van der Waals surface area (Å²) in [6.07, 6.45) is 6.70. The van der Waals surface area contributed by atoms with E-state index in [1.165, 1.54) is 10.5 Å². The van der Waals surface area contributed by atoms with Crippen molar-refractivity contribution in [2.24, 2.45) is 0 Å². The second-order valence-electron chi connectivity index (χ2n) is 8.32. The van der Waals surface area contributed by atoms with E-state index < -0.39 is 0 Å². The number of carbonyl (C=O) groups excluding carboxylic acids is 2. The van der Waals surface area contributed by atoms with Gasteiger partial charge in [-0.25, -0.2) is 0 Å². The summed E-state index contributed by atoms with van der Waals surface area (Å²) in [5.41, 5.74) is 4.44. The van der Waals surface area contributed by atoms with Gasteiger partial charge >= 0.3 is 0 Å². The molecule has 0 unspecified atom stereocenters. The van der Waals surface area contributed by atoms with Gasteiger partial charge < -0.3 is 4.90 Å². The summed E-state index contributed by atoms with van der Waals surface area (Å²) in [6, 6.07) is 16.2. The SMILES string of the molecule is C/C=C\C(=C/C)CCN1C(=O)c2cccc(N3CCN(Cc4ccccc4)CC3)c2C1=O. The molecule has 5 heteroatoms. The maximum absolute atomic E-state index is 13.3. The second-order valence-corrected chi connectivity index (χ2v) is 8.32. The number of nitrogens with zero attached hydrogens (tertiary/aromatic N) is 3. The summed E-state index contributed by atoms with van der Waals surface area (Å²) in [5, 5.41) is 0. The second kappa shape index (κ2) is 9.96. The maximum atomic E-state index is 13.3. The fraction of sp³-hybridized carbons (Fsp3) is 0.333. The lowest BCUT2D eigenvalue weighted by Gasteiger charge is -2.36. The van der Waals surface area contributed by atoms with Crippen LogP contribution in [-0.2, 0) is 6.54 Å². The lowest BCUT2D eigenvalue weighted by Crippen LogP contribution is -2.46. The van der Waals surface area contributed by atoms with Crippen LogP contribution in [0, 0.1) is 0 Å². The summed E-state index contributed by atoms with van der Waals surface area (Å²) in [4.78, 5) is 32.4. The van der Waals surface area contributed by atoms with Crippen LogP contribution in [0.3, 0.4) is 0 Å². The van der Waals surface area contributed by atoms with E-state index in [0.29, 0.717) is 24.1 Å². The number of allylic oxidation sites excluding steroid dienone is 3. The lowest BCUT2D eigenvalue weighted by molar-refractivity contribution is 0.0656. The van der Waals surface area contributed by atoms with Crippen molar-refractivity contribution in [3.05, 3.63) is 89.0 Å². The van der Waals surface area contributed by atoms with Gasteiger partial charge in [0, 0.05) is 39.3 Å². The van der Waals surface area contributed by atoms with Crippen LogP contribution in [0.2, 0.25) is 0 Å². The van der Waals surface area contributed by atoms with Crippen LogP contribution in [0.4, 0.5) is 5.69 Å². The Bertz CT molecular complexity index is 1030. The van der Waals surface area contributed by atoms with Crippen LogP contribution in [0.5, 0.6) is 0 Å². The molecule has 2 aromatic carbocycles. The fourth-order valence-corrected chi connectivity index (χ4v) is 4.55. The van der Waals surface area contributed by atoms with Gasteiger partial charge in [-0.15, -0.1) is 0 Å². The molecule has 2 amide bonds. The first-order valence-corrected chi connectivity index (χ1v) is 11.4. The first-order valence-electron chi connectivity index (χ1n) is 11.4. The van der Waals surface area contributed by atoms with Crippen LogP contribution >= 0.6 is 0 Å². The molecule has 32 heavy (non-hydrogen) atoms. The Balaban J connectivity index is 1.45. The molecule has 2 aromatic rings. The molecule has 0 aliphatic carbocycles. The zero-order valence-corrected chi connectivity index (χ0v) is 19.0. The first kappa shape index (κ1) is 22.0. The van der Waals surface area contributed by atoms with Crippen molar-refractivity contribution in [1.82, 2.24) is 9.80 Å². The van der Waals surface area contributed by atoms with E-state index in [4.69, 9.17) is 0 Å². The topological polar surface area (TPSA) is 43.9 Å². The number of fused-ring (bicyclic) bond motifs is 1. The van der Waals surface area contributed by atoms with Gasteiger partial charge in [-0.3, -0.25) is 19.4 Å². The van der Waals surface area contributed by atoms with Crippen molar-refractivity contribution in [2.45, 2.75) is 26.8 Å². The molecule has 0 aromatic heterocycles. The van der Waals surface area contributed by atoms with E-state index in [1.807, 2.05) is 50.3 Å².